The largest absolute Gasteiger partial charge is 0.490 e. The lowest BCUT2D eigenvalue weighted by atomic mass is 10.1. The first-order valence-electron chi connectivity index (χ1n) is 6.41. The SMILES string of the molecule is CC(C)(C)NC(N)=NCC(O)COc1ccccc1Br. The molecule has 1 atom stereocenters. The van der Waals surface area contributed by atoms with Crippen molar-refractivity contribution in [1.29, 1.82) is 0 Å². The van der Waals surface area contributed by atoms with E-state index in [1.54, 1.807) is 0 Å². The number of aliphatic hydroxyl groups is 1. The number of aliphatic hydroxyl groups excluding tert-OH is 1. The number of hydrogen-bond acceptors (Lipinski definition) is 3. The van der Waals surface area contributed by atoms with Gasteiger partial charge in [0.1, 0.15) is 18.5 Å². The molecular formula is C14H22BrN3O2. The molecule has 0 aliphatic carbocycles. The zero-order chi connectivity index (χ0) is 15.2. The van der Waals surface area contributed by atoms with E-state index in [9.17, 15) is 5.11 Å². The molecule has 0 amide bonds. The molecule has 1 rings (SSSR count). The van der Waals surface area contributed by atoms with E-state index in [4.69, 9.17) is 10.5 Å². The number of para-hydroxylation sites is 1. The summed E-state index contributed by atoms with van der Waals surface area (Å²) in [6.45, 7) is 6.32. The molecule has 0 aromatic heterocycles. The maximum atomic E-state index is 9.82. The van der Waals surface area contributed by atoms with Crippen molar-refractivity contribution in [2.75, 3.05) is 13.2 Å². The molecule has 0 saturated heterocycles. The first kappa shape index (κ1) is 16.8. The minimum Gasteiger partial charge on any atom is -0.490 e. The van der Waals surface area contributed by atoms with E-state index in [1.807, 2.05) is 45.0 Å². The van der Waals surface area contributed by atoms with Crippen LogP contribution in [0.3, 0.4) is 0 Å². The van der Waals surface area contributed by atoms with Gasteiger partial charge in [0.25, 0.3) is 0 Å². The highest BCUT2D eigenvalue weighted by Crippen LogP contribution is 2.23. The highest BCUT2D eigenvalue weighted by atomic mass is 79.9. The monoisotopic (exact) mass is 343 g/mol. The number of nitrogens with zero attached hydrogens (tertiary/aromatic N) is 1. The van der Waals surface area contributed by atoms with Crippen LogP contribution in [0.25, 0.3) is 0 Å². The van der Waals surface area contributed by atoms with Crippen molar-refractivity contribution in [3.05, 3.63) is 28.7 Å². The fourth-order valence-electron chi connectivity index (χ4n) is 1.43. The van der Waals surface area contributed by atoms with Gasteiger partial charge in [-0.25, -0.2) is 0 Å². The van der Waals surface area contributed by atoms with Gasteiger partial charge in [-0.2, -0.15) is 0 Å². The van der Waals surface area contributed by atoms with Gasteiger partial charge in [0.05, 0.1) is 11.0 Å². The van der Waals surface area contributed by atoms with Crippen LogP contribution < -0.4 is 15.8 Å². The van der Waals surface area contributed by atoms with Gasteiger partial charge in [0.15, 0.2) is 5.96 Å². The topological polar surface area (TPSA) is 79.9 Å². The smallest absolute Gasteiger partial charge is 0.189 e. The van der Waals surface area contributed by atoms with Crippen molar-refractivity contribution in [3.8, 4) is 5.75 Å². The van der Waals surface area contributed by atoms with Crippen LogP contribution >= 0.6 is 15.9 Å². The average molecular weight is 344 g/mol. The van der Waals surface area contributed by atoms with Crippen LogP contribution in [0.15, 0.2) is 33.7 Å². The first-order chi connectivity index (χ1) is 9.28. The van der Waals surface area contributed by atoms with Crippen LogP contribution in [0.4, 0.5) is 0 Å². The van der Waals surface area contributed by atoms with Crippen LogP contribution in [0.1, 0.15) is 20.8 Å². The van der Waals surface area contributed by atoms with Crippen LogP contribution in [0.5, 0.6) is 5.75 Å². The third kappa shape index (κ3) is 6.77. The van der Waals surface area contributed by atoms with Crippen molar-refractivity contribution >= 4 is 21.9 Å². The summed E-state index contributed by atoms with van der Waals surface area (Å²) in [6, 6.07) is 7.48. The summed E-state index contributed by atoms with van der Waals surface area (Å²) in [6.07, 6.45) is -0.706. The quantitative estimate of drug-likeness (QED) is 0.563. The van der Waals surface area contributed by atoms with E-state index in [1.165, 1.54) is 0 Å². The molecular weight excluding hydrogens is 322 g/mol. The number of benzene rings is 1. The Morgan fingerprint density at radius 1 is 1.45 bits per heavy atom. The number of aliphatic imine (C=N–C) groups is 1. The number of ether oxygens (including phenoxy) is 1. The summed E-state index contributed by atoms with van der Waals surface area (Å²) < 4.78 is 6.36. The fourth-order valence-corrected chi connectivity index (χ4v) is 1.83. The first-order valence-corrected chi connectivity index (χ1v) is 7.21. The van der Waals surface area contributed by atoms with E-state index in [0.717, 1.165) is 4.47 Å². The second kappa shape index (κ2) is 7.50. The highest BCUT2D eigenvalue weighted by molar-refractivity contribution is 9.10. The van der Waals surface area contributed by atoms with Crippen molar-refractivity contribution in [3.63, 3.8) is 0 Å². The molecule has 5 nitrogen and oxygen atoms in total. The average Bonchev–Trinajstić information content (AvgIpc) is 2.33. The van der Waals surface area contributed by atoms with E-state index in [-0.39, 0.29) is 18.7 Å². The third-order valence-electron chi connectivity index (χ3n) is 2.24. The van der Waals surface area contributed by atoms with Gasteiger partial charge in [-0.15, -0.1) is 0 Å². The number of nitrogens with two attached hydrogens (primary N) is 1. The molecule has 0 radical (unpaired) electrons. The minimum atomic E-state index is -0.706. The summed E-state index contributed by atoms with van der Waals surface area (Å²) in [4.78, 5) is 4.09. The van der Waals surface area contributed by atoms with Gasteiger partial charge in [-0.3, -0.25) is 4.99 Å². The normalized spacial score (nSPS) is 13.9. The standard InChI is InChI=1S/C14H22BrN3O2/c1-14(2,3)18-13(16)17-8-10(19)9-20-12-7-5-4-6-11(12)15/h4-7,10,19H,8-9H2,1-3H3,(H3,16,17,18). The molecule has 0 heterocycles. The third-order valence-corrected chi connectivity index (χ3v) is 2.90. The second-order valence-corrected chi connectivity index (χ2v) is 6.35. The Morgan fingerprint density at radius 3 is 2.70 bits per heavy atom. The molecule has 1 aromatic carbocycles. The van der Waals surface area contributed by atoms with E-state index < -0.39 is 6.10 Å². The number of halogens is 1. The van der Waals surface area contributed by atoms with Crippen LogP contribution in [-0.4, -0.2) is 35.9 Å². The van der Waals surface area contributed by atoms with Gasteiger partial charge < -0.3 is 20.9 Å². The molecule has 20 heavy (non-hydrogen) atoms. The molecule has 4 N–H and O–H groups in total. The van der Waals surface area contributed by atoms with Crippen molar-refractivity contribution in [1.82, 2.24) is 5.32 Å². The Morgan fingerprint density at radius 2 is 2.10 bits per heavy atom. The lowest BCUT2D eigenvalue weighted by Gasteiger charge is -2.21. The maximum Gasteiger partial charge on any atom is 0.189 e. The maximum absolute atomic E-state index is 9.82. The zero-order valence-electron chi connectivity index (χ0n) is 12.1. The van der Waals surface area contributed by atoms with Gasteiger partial charge in [0, 0.05) is 5.54 Å². The molecule has 0 aliphatic rings. The molecule has 1 unspecified atom stereocenters. The van der Waals surface area contributed by atoms with Gasteiger partial charge in [0.2, 0.25) is 0 Å². The zero-order valence-corrected chi connectivity index (χ0v) is 13.6. The molecule has 0 spiro atoms. The molecule has 6 heteroatoms. The number of nitrogens with one attached hydrogen (secondary N) is 1. The Bertz CT molecular complexity index is 458. The molecule has 112 valence electrons. The number of rotatable bonds is 5. The van der Waals surface area contributed by atoms with Crippen LogP contribution in [0, 0.1) is 0 Å². The van der Waals surface area contributed by atoms with E-state index in [2.05, 4.69) is 26.2 Å². The van der Waals surface area contributed by atoms with Crippen molar-refractivity contribution in [2.45, 2.75) is 32.4 Å². The predicted octanol–water partition coefficient (Wildman–Crippen LogP) is 1.89. The molecule has 0 fully saturated rings. The summed E-state index contributed by atoms with van der Waals surface area (Å²) in [5.41, 5.74) is 5.57. The molecule has 0 bridgehead atoms. The van der Waals surface area contributed by atoms with Crippen LogP contribution in [0.2, 0.25) is 0 Å². The van der Waals surface area contributed by atoms with Gasteiger partial charge in [-0.05, 0) is 48.8 Å². The Kier molecular flexibility index (Phi) is 6.29. The second-order valence-electron chi connectivity index (χ2n) is 5.50. The number of hydrogen-bond donors (Lipinski definition) is 3. The highest BCUT2D eigenvalue weighted by Gasteiger charge is 2.11. The van der Waals surface area contributed by atoms with Gasteiger partial charge >= 0.3 is 0 Å². The minimum absolute atomic E-state index is 0.149. The Hall–Kier alpha value is -1.27. The Labute approximate surface area is 128 Å². The van der Waals surface area contributed by atoms with E-state index >= 15 is 0 Å². The van der Waals surface area contributed by atoms with Crippen LogP contribution in [-0.2, 0) is 0 Å². The molecule has 1 aromatic rings. The summed E-state index contributed by atoms with van der Waals surface area (Å²) >= 11 is 3.38. The number of guanidine groups is 1. The van der Waals surface area contributed by atoms with Crippen molar-refractivity contribution in [2.24, 2.45) is 10.7 Å². The predicted molar refractivity (Wildman–Crippen MR) is 85.0 cm³/mol. The molecule has 0 aliphatic heterocycles. The lowest BCUT2D eigenvalue weighted by molar-refractivity contribution is 0.114. The van der Waals surface area contributed by atoms with Gasteiger partial charge in [-0.1, -0.05) is 12.1 Å². The molecule has 0 saturated carbocycles. The fraction of sp³-hybridized carbons (Fsp3) is 0.500. The Balaban J connectivity index is 2.39. The summed E-state index contributed by atoms with van der Waals surface area (Å²) in [5, 5.41) is 12.8. The summed E-state index contributed by atoms with van der Waals surface area (Å²) in [7, 11) is 0. The summed E-state index contributed by atoms with van der Waals surface area (Å²) in [5.74, 6) is 1.01. The van der Waals surface area contributed by atoms with E-state index in [0.29, 0.717) is 11.7 Å². The van der Waals surface area contributed by atoms with Crippen molar-refractivity contribution < 1.29 is 9.84 Å². The lowest BCUT2D eigenvalue weighted by Crippen LogP contribution is -2.45.